The van der Waals surface area contributed by atoms with Gasteiger partial charge < -0.3 is 4.98 Å². The van der Waals surface area contributed by atoms with Crippen molar-refractivity contribution in [2.75, 3.05) is 0 Å². The topological polar surface area (TPSA) is 32.9 Å². The van der Waals surface area contributed by atoms with Crippen LogP contribution in [0.1, 0.15) is 31.0 Å². The van der Waals surface area contributed by atoms with Gasteiger partial charge in [-0.15, -0.1) is 0 Å². The van der Waals surface area contributed by atoms with Gasteiger partial charge in [0.1, 0.15) is 0 Å². The van der Waals surface area contributed by atoms with Crippen molar-refractivity contribution in [3.63, 3.8) is 0 Å². The van der Waals surface area contributed by atoms with Crippen LogP contribution in [0.15, 0.2) is 27.5 Å². The number of benzene rings is 1. The Hall–Kier alpha value is -1.09. The molecular weight excluding hydrogens is 266 g/mol. The van der Waals surface area contributed by atoms with E-state index < -0.39 is 0 Å². The molecule has 16 heavy (non-hydrogen) atoms. The zero-order valence-corrected chi connectivity index (χ0v) is 11.2. The van der Waals surface area contributed by atoms with Crippen LogP contribution in [0.2, 0.25) is 0 Å². The summed E-state index contributed by atoms with van der Waals surface area (Å²) in [5.41, 5.74) is 2.86. The molecule has 0 saturated carbocycles. The quantitative estimate of drug-likeness (QED) is 0.848. The zero-order chi connectivity index (χ0) is 11.9. The Bertz CT molecular complexity index is 599. The molecule has 1 aromatic carbocycles. The first-order valence-corrected chi connectivity index (χ1v) is 6.12. The van der Waals surface area contributed by atoms with Gasteiger partial charge in [0, 0.05) is 21.1 Å². The third-order valence-electron chi connectivity index (χ3n) is 2.80. The van der Waals surface area contributed by atoms with Crippen molar-refractivity contribution in [3.8, 4) is 0 Å². The lowest BCUT2D eigenvalue weighted by Gasteiger charge is -2.11. The number of hydrogen-bond donors (Lipinski definition) is 1. The standard InChI is InChI=1S/C13H14BrNO/c1-7(2)11-8(3)15-12-9(13(11)16)5-4-6-10(12)14/h4-7H,1-3H3,(H,15,16). The summed E-state index contributed by atoms with van der Waals surface area (Å²) in [7, 11) is 0. The fourth-order valence-corrected chi connectivity index (χ4v) is 2.57. The highest BCUT2D eigenvalue weighted by Crippen LogP contribution is 2.23. The molecule has 0 atom stereocenters. The molecule has 0 aliphatic heterocycles. The van der Waals surface area contributed by atoms with Crippen LogP contribution >= 0.6 is 15.9 Å². The van der Waals surface area contributed by atoms with Crippen molar-refractivity contribution in [3.05, 3.63) is 44.2 Å². The molecule has 1 heterocycles. The highest BCUT2D eigenvalue weighted by molar-refractivity contribution is 9.10. The van der Waals surface area contributed by atoms with Crippen molar-refractivity contribution < 1.29 is 0 Å². The average Bonchev–Trinajstić information content (AvgIpc) is 2.19. The number of pyridine rings is 1. The van der Waals surface area contributed by atoms with Gasteiger partial charge in [0.2, 0.25) is 0 Å². The molecule has 0 bridgehead atoms. The fourth-order valence-electron chi connectivity index (χ4n) is 2.11. The monoisotopic (exact) mass is 279 g/mol. The van der Waals surface area contributed by atoms with E-state index in [2.05, 4.69) is 20.9 Å². The number of hydrogen-bond acceptors (Lipinski definition) is 1. The number of aromatic nitrogens is 1. The van der Waals surface area contributed by atoms with Crippen molar-refractivity contribution in [1.82, 2.24) is 4.98 Å². The van der Waals surface area contributed by atoms with Crippen LogP contribution in [0.25, 0.3) is 10.9 Å². The number of nitrogens with one attached hydrogen (secondary N) is 1. The summed E-state index contributed by atoms with van der Waals surface area (Å²) in [6, 6.07) is 5.69. The second kappa shape index (κ2) is 4.06. The van der Waals surface area contributed by atoms with Crippen molar-refractivity contribution in [2.45, 2.75) is 26.7 Å². The number of fused-ring (bicyclic) bond motifs is 1. The van der Waals surface area contributed by atoms with Gasteiger partial charge in [-0.3, -0.25) is 4.79 Å². The van der Waals surface area contributed by atoms with E-state index in [1.165, 1.54) is 0 Å². The van der Waals surface area contributed by atoms with Crippen LogP contribution in [0.3, 0.4) is 0 Å². The first-order chi connectivity index (χ1) is 7.52. The summed E-state index contributed by atoms with van der Waals surface area (Å²) < 4.78 is 0.931. The largest absolute Gasteiger partial charge is 0.357 e. The van der Waals surface area contributed by atoms with Crippen LogP contribution in [0.5, 0.6) is 0 Å². The molecule has 0 unspecified atom stereocenters. The number of halogens is 1. The van der Waals surface area contributed by atoms with E-state index in [-0.39, 0.29) is 11.3 Å². The Morgan fingerprint density at radius 3 is 2.62 bits per heavy atom. The van der Waals surface area contributed by atoms with Crippen molar-refractivity contribution in [1.29, 1.82) is 0 Å². The van der Waals surface area contributed by atoms with E-state index in [1.807, 2.05) is 39.0 Å². The summed E-state index contributed by atoms with van der Waals surface area (Å²) in [4.78, 5) is 15.6. The number of aromatic amines is 1. The maximum absolute atomic E-state index is 12.3. The van der Waals surface area contributed by atoms with E-state index >= 15 is 0 Å². The number of H-pyrrole nitrogens is 1. The first-order valence-electron chi connectivity index (χ1n) is 5.33. The molecular formula is C13H14BrNO. The van der Waals surface area contributed by atoms with Crippen LogP contribution in [0.4, 0.5) is 0 Å². The maximum Gasteiger partial charge on any atom is 0.193 e. The summed E-state index contributed by atoms with van der Waals surface area (Å²) in [6.07, 6.45) is 0. The second-order valence-electron chi connectivity index (χ2n) is 4.31. The maximum atomic E-state index is 12.3. The van der Waals surface area contributed by atoms with Crippen LogP contribution in [-0.4, -0.2) is 4.98 Å². The molecule has 0 radical (unpaired) electrons. The lowest BCUT2D eigenvalue weighted by Crippen LogP contribution is -2.14. The predicted molar refractivity (Wildman–Crippen MR) is 71.1 cm³/mol. The zero-order valence-electron chi connectivity index (χ0n) is 9.60. The fraction of sp³-hybridized carbons (Fsp3) is 0.308. The smallest absolute Gasteiger partial charge is 0.193 e. The summed E-state index contributed by atoms with van der Waals surface area (Å²) >= 11 is 3.46. The minimum atomic E-state index is 0.141. The molecule has 2 nitrogen and oxygen atoms in total. The number of para-hydroxylation sites is 1. The molecule has 0 saturated heterocycles. The summed E-state index contributed by atoms with van der Waals surface area (Å²) in [5.74, 6) is 0.243. The molecule has 2 rings (SSSR count). The molecule has 2 aromatic rings. The SMILES string of the molecule is Cc1[nH]c2c(Br)cccc2c(=O)c1C(C)C. The third-order valence-corrected chi connectivity index (χ3v) is 3.46. The van der Waals surface area contributed by atoms with Crippen LogP contribution < -0.4 is 5.43 Å². The number of rotatable bonds is 1. The van der Waals surface area contributed by atoms with Gasteiger partial charge in [-0.05, 0) is 40.9 Å². The molecule has 84 valence electrons. The van der Waals surface area contributed by atoms with Gasteiger partial charge in [0.15, 0.2) is 5.43 Å². The van der Waals surface area contributed by atoms with E-state index in [0.717, 1.165) is 26.6 Å². The van der Waals surface area contributed by atoms with Gasteiger partial charge in [0.25, 0.3) is 0 Å². The van der Waals surface area contributed by atoms with Gasteiger partial charge in [-0.25, -0.2) is 0 Å². The molecule has 0 amide bonds. The molecule has 0 aliphatic carbocycles. The van der Waals surface area contributed by atoms with Gasteiger partial charge in [0.05, 0.1) is 5.52 Å². The Balaban J connectivity index is 2.95. The lowest BCUT2D eigenvalue weighted by molar-refractivity contribution is 0.838. The Morgan fingerprint density at radius 1 is 1.31 bits per heavy atom. The van der Waals surface area contributed by atoms with Crippen molar-refractivity contribution >= 4 is 26.8 Å². The highest BCUT2D eigenvalue weighted by atomic mass is 79.9. The number of aryl methyl sites for hydroxylation is 1. The highest BCUT2D eigenvalue weighted by Gasteiger charge is 2.13. The Kier molecular flexibility index (Phi) is 2.89. The van der Waals surface area contributed by atoms with Gasteiger partial charge in [-0.1, -0.05) is 19.9 Å². The minimum absolute atomic E-state index is 0.141. The lowest BCUT2D eigenvalue weighted by atomic mass is 9.99. The first kappa shape index (κ1) is 11.4. The molecule has 0 fully saturated rings. The molecule has 1 N–H and O–H groups in total. The second-order valence-corrected chi connectivity index (χ2v) is 5.16. The van der Waals surface area contributed by atoms with Crippen LogP contribution in [-0.2, 0) is 0 Å². The van der Waals surface area contributed by atoms with Gasteiger partial charge >= 0.3 is 0 Å². The van der Waals surface area contributed by atoms with Crippen molar-refractivity contribution in [2.24, 2.45) is 0 Å². The molecule has 3 heteroatoms. The minimum Gasteiger partial charge on any atom is -0.357 e. The summed E-state index contributed by atoms with van der Waals surface area (Å²) in [5, 5.41) is 0.753. The average molecular weight is 280 g/mol. The normalized spacial score (nSPS) is 11.3. The van der Waals surface area contributed by atoms with Gasteiger partial charge in [-0.2, -0.15) is 0 Å². The Labute approximate surface area is 103 Å². The molecule has 1 aromatic heterocycles. The van der Waals surface area contributed by atoms with E-state index in [0.29, 0.717) is 0 Å². The summed E-state index contributed by atoms with van der Waals surface area (Å²) in [6.45, 7) is 6.04. The molecule has 0 aliphatic rings. The Morgan fingerprint density at radius 2 is 2.00 bits per heavy atom. The molecule has 0 spiro atoms. The predicted octanol–water partition coefficient (Wildman–Crippen LogP) is 3.72. The van der Waals surface area contributed by atoms with E-state index in [9.17, 15) is 4.79 Å². The van der Waals surface area contributed by atoms with E-state index in [4.69, 9.17) is 0 Å². The third kappa shape index (κ3) is 1.69. The van der Waals surface area contributed by atoms with Crippen LogP contribution in [0, 0.1) is 6.92 Å². The van der Waals surface area contributed by atoms with E-state index in [1.54, 1.807) is 0 Å².